The van der Waals surface area contributed by atoms with Gasteiger partial charge in [0.25, 0.3) is 0 Å². The standard InChI is InChI=1S/C76H125NO18/c1-3-5-7-9-11-13-15-17-18-19-20-21-22-23-24-25-26-27-28-29-30-31-32-33-34-35-36-37-38-39-40-42-44-46-48-50-52-54-64(82)77-59(60(81)53-51-49-47-45-43-41-16-14-12-10-8-6-4-2)58-90-74-70(88)67(85)72(62(56-79)92-74)95-76-71(89)68(86)73(63(57-80)93-76)94-75-69(87)66(84)65(83)61(55-78)91-75/h5,7,11-14,17-18,20-21,23-24,26-27,29-30,32-33,43,45,51,53,59-63,65-76,78-81,83-89H,3-4,6,8-10,15-16,19,22,25,28,31,34-42,44,46-50,52,54-58H2,1-2H3,(H,77,82)/b7-5-,13-11-,14-12+,18-17-,21-20-,24-23-,27-26-,30-29-,33-32-,45-43+,53-51+. The van der Waals surface area contributed by atoms with Crippen LogP contribution in [0.2, 0.25) is 0 Å². The van der Waals surface area contributed by atoms with Crippen LogP contribution in [0.25, 0.3) is 0 Å². The molecule has 3 saturated heterocycles. The highest BCUT2D eigenvalue weighted by Crippen LogP contribution is 2.33. The van der Waals surface area contributed by atoms with Gasteiger partial charge in [-0.2, -0.15) is 0 Å². The Morgan fingerprint density at radius 3 is 1.18 bits per heavy atom. The zero-order valence-corrected chi connectivity index (χ0v) is 57.3. The van der Waals surface area contributed by atoms with E-state index in [1.165, 1.54) is 64.2 Å². The molecule has 19 heteroatoms. The Labute approximate surface area is 569 Å². The molecule has 95 heavy (non-hydrogen) atoms. The summed E-state index contributed by atoms with van der Waals surface area (Å²) < 4.78 is 34.3. The molecule has 3 aliphatic heterocycles. The molecule has 0 saturated carbocycles. The number of ether oxygens (including phenoxy) is 6. The van der Waals surface area contributed by atoms with Gasteiger partial charge in [0.1, 0.15) is 73.2 Å². The van der Waals surface area contributed by atoms with Crippen molar-refractivity contribution in [2.45, 2.75) is 311 Å². The maximum atomic E-state index is 13.4. The van der Waals surface area contributed by atoms with Gasteiger partial charge in [0, 0.05) is 6.42 Å². The molecule has 0 aromatic heterocycles. The Balaban J connectivity index is 1.35. The van der Waals surface area contributed by atoms with E-state index in [-0.39, 0.29) is 18.9 Å². The Hall–Kier alpha value is -4.07. The van der Waals surface area contributed by atoms with Gasteiger partial charge < -0.3 is 89.9 Å². The third kappa shape index (κ3) is 37.1. The molecule has 0 bridgehead atoms. The van der Waals surface area contributed by atoms with Crippen molar-refractivity contribution in [1.29, 1.82) is 0 Å². The highest BCUT2D eigenvalue weighted by Gasteiger charge is 2.53. The molecule has 17 unspecified atom stereocenters. The first kappa shape index (κ1) is 85.2. The van der Waals surface area contributed by atoms with Gasteiger partial charge in [-0.3, -0.25) is 4.79 Å². The maximum Gasteiger partial charge on any atom is 0.220 e. The van der Waals surface area contributed by atoms with Crippen LogP contribution in [0.1, 0.15) is 206 Å². The number of hydrogen-bond acceptors (Lipinski definition) is 18. The second-order valence-electron chi connectivity index (χ2n) is 24.9. The normalized spacial score (nSPS) is 28.0. The summed E-state index contributed by atoms with van der Waals surface area (Å²) in [7, 11) is 0. The van der Waals surface area contributed by atoms with Crippen molar-refractivity contribution < 1.29 is 89.4 Å². The van der Waals surface area contributed by atoms with Gasteiger partial charge in [-0.15, -0.1) is 0 Å². The Kier molecular flexibility index (Phi) is 50.0. The highest BCUT2D eigenvalue weighted by molar-refractivity contribution is 5.76. The van der Waals surface area contributed by atoms with Crippen LogP contribution < -0.4 is 5.32 Å². The molecular weight excluding hydrogens is 1210 g/mol. The number of amides is 1. The average molecular weight is 1340 g/mol. The number of unbranched alkanes of at least 4 members (excludes halogenated alkanes) is 17. The summed E-state index contributed by atoms with van der Waals surface area (Å²) >= 11 is 0. The van der Waals surface area contributed by atoms with Crippen LogP contribution >= 0.6 is 0 Å². The van der Waals surface area contributed by atoms with Crippen molar-refractivity contribution in [2.75, 3.05) is 26.4 Å². The lowest BCUT2D eigenvalue weighted by atomic mass is 9.96. The van der Waals surface area contributed by atoms with Crippen LogP contribution in [0.5, 0.6) is 0 Å². The van der Waals surface area contributed by atoms with Gasteiger partial charge >= 0.3 is 0 Å². The van der Waals surface area contributed by atoms with Gasteiger partial charge in [-0.05, 0) is 109 Å². The molecule has 3 fully saturated rings. The fourth-order valence-electron chi connectivity index (χ4n) is 11.1. The number of nitrogens with one attached hydrogen (secondary N) is 1. The zero-order valence-electron chi connectivity index (χ0n) is 57.3. The van der Waals surface area contributed by atoms with E-state index in [2.05, 4.69) is 141 Å². The Bertz CT molecular complexity index is 2240. The van der Waals surface area contributed by atoms with Crippen molar-refractivity contribution >= 4 is 5.91 Å². The summed E-state index contributed by atoms with van der Waals surface area (Å²) in [6.45, 7) is 1.52. The Morgan fingerprint density at radius 2 is 0.737 bits per heavy atom. The summed E-state index contributed by atoms with van der Waals surface area (Å²) in [5.41, 5.74) is 0. The van der Waals surface area contributed by atoms with Crippen molar-refractivity contribution in [1.82, 2.24) is 5.32 Å². The predicted molar refractivity (Wildman–Crippen MR) is 373 cm³/mol. The molecule has 3 heterocycles. The summed E-state index contributed by atoms with van der Waals surface area (Å²) in [6, 6.07) is -1.01. The summed E-state index contributed by atoms with van der Waals surface area (Å²) in [6.07, 6.45) is 51.6. The molecule has 3 rings (SSSR count). The van der Waals surface area contributed by atoms with Gasteiger partial charge in [0.2, 0.25) is 5.91 Å². The van der Waals surface area contributed by atoms with E-state index in [9.17, 15) is 61.0 Å². The van der Waals surface area contributed by atoms with Crippen LogP contribution in [0.15, 0.2) is 134 Å². The van der Waals surface area contributed by atoms with E-state index in [1.807, 2.05) is 6.08 Å². The van der Waals surface area contributed by atoms with Gasteiger partial charge in [-0.1, -0.05) is 225 Å². The molecule has 1 amide bonds. The van der Waals surface area contributed by atoms with E-state index in [1.54, 1.807) is 6.08 Å². The largest absolute Gasteiger partial charge is 0.394 e. The third-order valence-electron chi connectivity index (χ3n) is 16.9. The number of aliphatic hydroxyl groups is 11. The van der Waals surface area contributed by atoms with Crippen molar-refractivity contribution in [3.05, 3.63) is 134 Å². The quantitative estimate of drug-likeness (QED) is 0.0199. The lowest BCUT2D eigenvalue weighted by Crippen LogP contribution is -2.66. The molecule has 3 aliphatic rings. The molecule has 0 radical (unpaired) electrons. The lowest BCUT2D eigenvalue weighted by molar-refractivity contribution is -0.379. The smallest absolute Gasteiger partial charge is 0.220 e. The minimum Gasteiger partial charge on any atom is -0.394 e. The molecule has 0 aromatic carbocycles. The summed E-state index contributed by atoms with van der Waals surface area (Å²) in [4.78, 5) is 13.4. The van der Waals surface area contributed by atoms with E-state index in [0.717, 1.165) is 109 Å². The topological polar surface area (TPSA) is 307 Å². The number of carbonyl (C=O) groups excluding carboxylic acids is 1. The van der Waals surface area contributed by atoms with Crippen LogP contribution in [-0.4, -0.2) is 193 Å². The molecule has 0 spiro atoms. The first-order valence-corrected chi connectivity index (χ1v) is 35.9. The fourth-order valence-corrected chi connectivity index (χ4v) is 11.1. The SMILES string of the molecule is CC/C=C\C/C=C\C/C=C\C/C=C\C/C=C\C/C=C\C/C=C\C/C=C\CCCCCCCCCCCCCCC(=O)NC(COC1OC(CO)C(OC2OC(CO)C(OC3OC(CO)C(O)C(O)C3O)C(O)C2O)C(O)C1O)C(O)/C=C/CC/C=C/CC/C=C/CCCCC. The lowest BCUT2D eigenvalue weighted by Gasteiger charge is -2.48. The average Bonchev–Trinajstić information content (AvgIpc) is 0.791. The van der Waals surface area contributed by atoms with E-state index in [0.29, 0.717) is 12.8 Å². The molecular formula is C76H125NO18. The van der Waals surface area contributed by atoms with Crippen LogP contribution in [0.3, 0.4) is 0 Å². The first-order chi connectivity index (χ1) is 46.3. The maximum absolute atomic E-state index is 13.4. The zero-order chi connectivity index (χ0) is 68.9. The molecule has 0 aromatic rings. The number of rotatable bonds is 53. The molecule has 0 aliphatic carbocycles. The predicted octanol–water partition coefficient (Wildman–Crippen LogP) is 10.2. The van der Waals surface area contributed by atoms with Gasteiger partial charge in [0.15, 0.2) is 18.9 Å². The van der Waals surface area contributed by atoms with Crippen molar-refractivity contribution in [3.8, 4) is 0 Å². The van der Waals surface area contributed by atoms with E-state index in [4.69, 9.17) is 28.4 Å². The fraction of sp³-hybridized carbons (Fsp3) is 0.697. The van der Waals surface area contributed by atoms with Crippen molar-refractivity contribution in [2.24, 2.45) is 0 Å². The molecule has 19 nitrogen and oxygen atoms in total. The monoisotopic (exact) mass is 1340 g/mol. The number of hydrogen-bond donors (Lipinski definition) is 12. The molecule has 17 atom stereocenters. The summed E-state index contributed by atoms with van der Waals surface area (Å²) in [5, 5.41) is 120. The second kappa shape index (κ2) is 55.8. The van der Waals surface area contributed by atoms with E-state index < -0.39 is 124 Å². The summed E-state index contributed by atoms with van der Waals surface area (Å²) in [5.74, 6) is -0.299. The van der Waals surface area contributed by atoms with Crippen LogP contribution in [-0.2, 0) is 33.2 Å². The minimum atomic E-state index is -1.99. The van der Waals surface area contributed by atoms with E-state index >= 15 is 0 Å². The number of carbonyl (C=O) groups is 1. The minimum absolute atomic E-state index is 0.221. The van der Waals surface area contributed by atoms with Crippen LogP contribution in [0, 0.1) is 0 Å². The van der Waals surface area contributed by atoms with Gasteiger partial charge in [-0.25, -0.2) is 0 Å². The highest BCUT2D eigenvalue weighted by atomic mass is 16.8. The molecule has 12 N–H and O–H groups in total. The van der Waals surface area contributed by atoms with Gasteiger partial charge in [0.05, 0.1) is 38.6 Å². The number of allylic oxidation sites excluding steroid dienone is 21. The number of aliphatic hydroxyl groups excluding tert-OH is 11. The van der Waals surface area contributed by atoms with Crippen molar-refractivity contribution in [3.63, 3.8) is 0 Å². The molecule has 542 valence electrons. The van der Waals surface area contributed by atoms with Crippen LogP contribution in [0.4, 0.5) is 0 Å². The first-order valence-electron chi connectivity index (χ1n) is 35.9. The Morgan fingerprint density at radius 1 is 0.389 bits per heavy atom. The second-order valence-corrected chi connectivity index (χ2v) is 24.9. The third-order valence-corrected chi connectivity index (χ3v) is 16.9.